The lowest BCUT2D eigenvalue weighted by Gasteiger charge is -2.08. The lowest BCUT2D eigenvalue weighted by atomic mass is 10.3. The second-order valence-corrected chi connectivity index (χ2v) is 2.83. The average Bonchev–Trinajstić information content (AvgIpc) is 2.28. The van der Waals surface area contributed by atoms with Crippen LogP contribution in [0.3, 0.4) is 0 Å². The summed E-state index contributed by atoms with van der Waals surface area (Å²) in [6, 6.07) is 6.87. The molecule has 0 aromatic heterocycles. The van der Waals surface area contributed by atoms with Crippen molar-refractivity contribution < 1.29 is 9.66 Å². The third-order valence-corrected chi connectivity index (χ3v) is 1.76. The first-order valence-corrected chi connectivity index (χ1v) is 4.38. The first-order valence-electron chi connectivity index (χ1n) is 4.38. The van der Waals surface area contributed by atoms with Gasteiger partial charge in [-0.05, 0) is 24.3 Å². The van der Waals surface area contributed by atoms with E-state index in [2.05, 4.69) is 10.7 Å². The molecule has 0 heterocycles. The van der Waals surface area contributed by atoms with Gasteiger partial charge in [0.05, 0.1) is 12.0 Å². The smallest absolute Gasteiger partial charge is 0.275 e. The van der Waals surface area contributed by atoms with Gasteiger partial charge in [-0.15, -0.1) is 0 Å². The molecule has 7 nitrogen and oxygen atoms in total. The van der Waals surface area contributed by atoms with Crippen LogP contribution in [0, 0.1) is 10.1 Å². The summed E-state index contributed by atoms with van der Waals surface area (Å²) in [5.41, 5.74) is 2.85. The number of benzene rings is 1. The summed E-state index contributed by atoms with van der Waals surface area (Å²) in [7, 11) is 1.56. The Morgan fingerprint density at radius 2 is 2.12 bits per heavy atom. The maximum atomic E-state index is 10.2. The van der Waals surface area contributed by atoms with Crippen LogP contribution in [0.15, 0.2) is 36.3 Å². The molecule has 1 aromatic carbocycles. The Morgan fingerprint density at radius 1 is 1.50 bits per heavy atom. The van der Waals surface area contributed by atoms with Gasteiger partial charge in [0, 0.05) is 5.69 Å². The molecule has 0 atom stereocenters. The lowest BCUT2D eigenvalue weighted by molar-refractivity contribution is -0.403. The van der Waals surface area contributed by atoms with Gasteiger partial charge >= 0.3 is 0 Å². The zero-order valence-corrected chi connectivity index (χ0v) is 8.64. The van der Waals surface area contributed by atoms with Crippen LogP contribution in [0.4, 0.5) is 5.69 Å². The number of nitrogens with one attached hydrogen (secondary N) is 2. The summed E-state index contributed by atoms with van der Waals surface area (Å²) in [5, 5.41) is 13.0. The Bertz CT molecular complexity index is 388. The quantitative estimate of drug-likeness (QED) is 0.385. The Labute approximate surface area is 92.0 Å². The van der Waals surface area contributed by atoms with Gasteiger partial charge in [-0.2, -0.15) is 0 Å². The molecule has 4 N–H and O–H groups in total. The van der Waals surface area contributed by atoms with E-state index in [1.54, 1.807) is 31.4 Å². The van der Waals surface area contributed by atoms with Crippen molar-refractivity contribution in [1.82, 2.24) is 5.43 Å². The first kappa shape index (κ1) is 11.8. The highest BCUT2D eigenvalue weighted by Crippen LogP contribution is 2.15. The van der Waals surface area contributed by atoms with Crippen LogP contribution in [0.5, 0.6) is 5.75 Å². The van der Waals surface area contributed by atoms with Crippen molar-refractivity contribution in [1.29, 1.82) is 0 Å². The van der Waals surface area contributed by atoms with Crippen molar-refractivity contribution in [2.75, 3.05) is 12.4 Å². The fraction of sp³-hybridized carbons (Fsp3) is 0.111. The second-order valence-electron chi connectivity index (χ2n) is 2.83. The minimum Gasteiger partial charge on any atom is -0.497 e. The Morgan fingerprint density at radius 3 is 2.56 bits per heavy atom. The van der Waals surface area contributed by atoms with E-state index < -0.39 is 4.92 Å². The van der Waals surface area contributed by atoms with Gasteiger partial charge in [-0.1, -0.05) is 0 Å². The van der Waals surface area contributed by atoms with Gasteiger partial charge in [-0.3, -0.25) is 10.1 Å². The van der Waals surface area contributed by atoms with Crippen molar-refractivity contribution in [3.8, 4) is 5.75 Å². The standard InChI is InChI=1S/C9H12N4O3/c1-16-8-4-2-7(3-5-8)11-9(12-10)6-13(14)15/h2-6,11-12H,10H2,1H3/b9-6-. The van der Waals surface area contributed by atoms with Crippen molar-refractivity contribution in [3.05, 3.63) is 46.4 Å². The fourth-order valence-electron chi connectivity index (χ4n) is 1.04. The molecule has 0 aliphatic rings. The van der Waals surface area contributed by atoms with Gasteiger partial charge in [-0.25, -0.2) is 5.84 Å². The summed E-state index contributed by atoms with van der Waals surface area (Å²) in [5.74, 6) is 5.91. The molecule has 1 rings (SSSR count). The summed E-state index contributed by atoms with van der Waals surface area (Å²) >= 11 is 0. The van der Waals surface area contributed by atoms with E-state index in [0.717, 1.165) is 6.20 Å². The van der Waals surface area contributed by atoms with Crippen LogP contribution in [0.25, 0.3) is 0 Å². The van der Waals surface area contributed by atoms with E-state index >= 15 is 0 Å². The number of methoxy groups -OCH3 is 1. The molecular formula is C9H12N4O3. The number of hydrogen-bond donors (Lipinski definition) is 3. The molecule has 0 radical (unpaired) electrons. The monoisotopic (exact) mass is 224 g/mol. The zero-order chi connectivity index (χ0) is 12.0. The van der Waals surface area contributed by atoms with Crippen molar-refractivity contribution in [2.45, 2.75) is 0 Å². The third kappa shape index (κ3) is 3.46. The van der Waals surface area contributed by atoms with Crippen LogP contribution < -0.4 is 21.3 Å². The number of ether oxygens (including phenoxy) is 1. The molecule has 0 saturated heterocycles. The van der Waals surface area contributed by atoms with E-state index in [-0.39, 0.29) is 5.82 Å². The molecule has 0 saturated carbocycles. The third-order valence-electron chi connectivity index (χ3n) is 1.76. The molecule has 7 heteroatoms. The number of hydrazine groups is 1. The molecule has 0 spiro atoms. The predicted molar refractivity (Wildman–Crippen MR) is 59.0 cm³/mol. The average molecular weight is 224 g/mol. The summed E-state index contributed by atoms with van der Waals surface area (Å²) in [4.78, 5) is 9.63. The molecule has 0 aliphatic carbocycles. The van der Waals surface area contributed by atoms with Crippen LogP contribution in [0.2, 0.25) is 0 Å². The predicted octanol–water partition coefficient (Wildman–Crippen LogP) is 0.646. The molecule has 1 aromatic rings. The SMILES string of the molecule is COc1ccc(N/C(=C/[N+](=O)[O-])NN)cc1. The van der Waals surface area contributed by atoms with Gasteiger partial charge in [0.2, 0.25) is 0 Å². The normalized spacial score (nSPS) is 10.8. The molecule has 86 valence electrons. The van der Waals surface area contributed by atoms with Crippen LogP contribution in [0.1, 0.15) is 0 Å². The lowest BCUT2D eigenvalue weighted by Crippen LogP contribution is -2.27. The number of hydrogen-bond acceptors (Lipinski definition) is 6. The fourth-order valence-corrected chi connectivity index (χ4v) is 1.04. The van der Waals surface area contributed by atoms with Gasteiger partial charge in [0.15, 0.2) is 5.82 Å². The minimum absolute atomic E-state index is 0.0927. The summed E-state index contributed by atoms with van der Waals surface area (Å²) in [6.07, 6.45) is 0.740. The topological polar surface area (TPSA) is 102 Å². The zero-order valence-electron chi connectivity index (χ0n) is 8.64. The van der Waals surface area contributed by atoms with E-state index in [9.17, 15) is 10.1 Å². The van der Waals surface area contributed by atoms with Crippen molar-refractivity contribution in [3.63, 3.8) is 0 Å². The summed E-state index contributed by atoms with van der Waals surface area (Å²) in [6.45, 7) is 0. The number of nitrogens with zero attached hydrogens (tertiary/aromatic N) is 1. The van der Waals surface area contributed by atoms with Crippen LogP contribution >= 0.6 is 0 Å². The van der Waals surface area contributed by atoms with Crippen LogP contribution in [-0.4, -0.2) is 12.0 Å². The number of nitro groups is 1. The first-order chi connectivity index (χ1) is 7.65. The molecule has 0 aliphatic heterocycles. The van der Waals surface area contributed by atoms with Gasteiger partial charge in [0.25, 0.3) is 6.20 Å². The highest BCUT2D eigenvalue weighted by Gasteiger charge is 2.01. The number of nitrogens with two attached hydrogens (primary N) is 1. The molecule has 0 unspecified atom stereocenters. The van der Waals surface area contributed by atoms with Crippen molar-refractivity contribution >= 4 is 5.69 Å². The largest absolute Gasteiger partial charge is 0.497 e. The van der Waals surface area contributed by atoms with E-state index in [1.807, 2.05) is 0 Å². The Kier molecular flexibility index (Phi) is 4.10. The van der Waals surface area contributed by atoms with Crippen LogP contribution in [-0.2, 0) is 0 Å². The maximum absolute atomic E-state index is 10.2. The number of anilines is 1. The molecule has 0 bridgehead atoms. The Balaban J connectivity index is 2.74. The second kappa shape index (κ2) is 5.56. The van der Waals surface area contributed by atoms with E-state index in [4.69, 9.17) is 10.6 Å². The Hall–Kier alpha value is -2.28. The molecule has 0 fully saturated rings. The molecule has 16 heavy (non-hydrogen) atoms. The van der Waals surface area contributed by atoms with Gasteiger partial charge < -0.3 is 15.5 Å². The molecular weight excluding hydrogens is 212 g/mol. The molecule has 0 amide bonds. The highest BCUT2D eigenvalue weighted by molar-refractivity contribution is 5.49. The number of rotatable bonds is 5. The summed E-state index contributed by atoms with van der Waals surface area (Å²) < 4.78 is 4.97. The minimum atomic E-state index is -0.605. The van der Waals surface area contributed by atoms with Gasteiger partial charge in [0.1, 0.15) is 5.75 Å². The highest BCUT2D eigenvalue weighted by atomic mass is 16.6. The van der Waals surface area contributed by atoms with E-state index in [1.165, 1.54) is 0 Å². The maximum Gasteiger partial charge on any atom is 0.275 e. The van der Waals surface area contributed by atoms with E-state index in [0.29, 0.717) is 11.4 Å². The van der Waals surface area contributed by atoms with Crippen molar-refractivity contribution in [2.24, 2.45) is 5.84 Å².